The molecule has 0 bridgehead atoms. The van der Waals surface area contributed by atoms with Gasteiger partial charge in [0.1, 0.15) is 11.5 Å². The van der Waals surface area contributed by atoms with Gasteiger partial charge in [0, 0.05) is 5.02 Å². The zero-order valence-corrected chi connectivity index (χ0v) is 15.3. The first-order valence-corrected chi connectivity index (χ1v) is 8.08. The maximum atomic E-state index is 11.9. The van der Waals surface area contributed by atoms with Gasteiger partial charge in [0.05, 0.1) is 10.0 Å². The molecule has 0 radical (unpaired) electrons. The molecule has 0 saturated heterocycles. The SMILES string of the molecule is Cc1cc(OCC(=O)Oc2ccc(C(=O)O)cc2Br)cc(C)c1Cl. The minimum Gasteiger partial charge on any atom is -0.482 e. The van der Waals surface area contributed by atoms with Gasteiger partial charge < -0.3 is 14.6 Å². The van der Waals surface area contributed by atoms with Gasteiger partial charge in [-0.3, -0.25) is 0 Å². The zero-order chi connectivity index (χ0) is 17.9. The molecule has 0 fully saturated rings. The number of carboxylic acids is 1. The van der Waals surface area contributed by atoms with Crippen molar-refractivity contribution in [1.82, 2.24) is 0 Å². The second-order valence-corrected chi connectivity index (χ2v) is 6.32. The minimum atomic E-state index is -1.06. The number of hydrogen-bond acceptors (Lipinski definition) is 4. The lowest BCUT2D eigenvalue weighted by molar-refractivity contribution is -0.136. The Kier molecular flexibility index (Phi) is 5.85. The van der Waals surface area contributed by atoms with Gasteiger partial charge in [0.15, 0.2) is 6.61 Å². The largest absolute Gasteiger partial charge is 0.482 e. The molecule has 5 nitrogen and oxygen atoms in total. The molecule has 24 heavy (non-hydrogen) atoms. The molecule has 126 valence electrons. The Morgan fingerprint density at radius 1 is 1.17 bits per heavy atom. The number of hydrogen-bond donors (Lipinski definition) is 1. The number of carbonyl (C=O) groups excluding carboxylic acids is 1. The van der Waals surface area contributed by atoms with Gasteiger partial charge in [-0.05, 0) is 71.2 Å². The predicted octanol–water partition coefficient (Wildman–Crippen LogP) is 4.40. The Balaban J connectivity index is 2.00. The quantitative estimate of drug-likeness (QED) is 0.581. The summed E-state index contributed by atoms with van der Waals surface area (Å²) in [5.74, 6) is -0.932. The number of esters is 1. The summed E-state index contributed by atoms with van der Waals surface area (Å²) in [4.78, 5) is 22.8. The molecule has 0 spiro atoms. The van der Waals surface area contributed by atoms with Crippen molar-refractivity contribution in [3.8, 4) is 11.5 Å². The van der Waals surface area contributed by atoms with E-state index >= 15 is 0 Å². The molecule has 2 rings (SSSR count). The highest BCUT2D eigenvalue weighted by Gasteiger charge is 2.12. The van der Waals surface area contributed by atoms with Crippen molar-refractivity contribution in [1.29, 1.82) is 0 Å². The second-order valence-electron chi connectivity index (χ2n) is 5.08. The highest BCUT2D eigenvalue weighted by molar-refractivity contribution is 9.10. The number of benzene rings is 2. The van der Waals surface area contributed by atoms with Crippen LogP contribution in [-0.4, -0.2) is 23.7 Å². The number of rotatable bonds is 5. The molecular formula is C17H14BrClO5. The summed E-state index contributed by atoms with van der Waals surface area (Å²) in [5.41, 5.74) is 1.80. The lowest BCUT2D eigenvalue weighted by Crippen LogP contribution is -2.18. The molecule has 7 heteroatoms. The van der Waals surface area contributed by atoms with E-state index in [0.717, 1.165) is 11.1 Å². The normalized spacial score (nSPS) is 10.3. The van der Waals surface area contributed by atoms with E-state index in [1.165, 1.54) is 18.2 Å². The van der Waals surface area contributed by atoms with Crippen LogP contribution in [0.2, 0.25) is 5.02 Å². The van der Waals surface area contributed by atoms with Crippen LogP contribution >= 0.6 is 27.5 Å². The van der Waals surface area contributed by atoms with Crippen molar-refractivity contribution in [3.05, 3.63) is 56.5 Å². The topological polar surface area (TPSA) is 72.8 Å². The standard InChI is InChI=1S/C17H14BrClO5/c1-9-5-12(6-10(2)16(9)19)23-8-15(20)24-14-4-3-11(17(21)22)7-13(14)18/h3-7H,8H2,1-2H3,(H,21,22). The molecule has 0 aliphatic rings. The molecule has 0 unspecified atom stereocenters. The number of carbonyl (C=O) groups is 2. The Bertz CT molecular complexity index is 781. The number of aryl methyl sites for hydroxylation is 2. The van der Waals surface area contributed by atoms with Crippen LogP contribution in [0.25, 0.3) is 0 Å². The first-order chi connectivity index (χ1) is 11.3. The van der Waals surface area contributed by atoms with Crippen molar-refractivity contribution in [2.75, 3.05) is 6.61 Å². The number of aromatic carboxylic acids is 1. The highest BCUT2D eigenvalue weighted by Crippen LogP contribution is 2.27. The van der Waals surface area contributed by atoms with Gasteiger partial charge in [-0.25, -0.2) is 9.59 Å². The van der Waals surface area contributed by atoms with Gasteiger partial charge in [-0.2, -0.15) is 0 Å². The fourth-order valence-electron chi connectivity index (χ4n) is 2.00. The fraction of sp³-hybridized carbons (Fsp3) is 0.176. The van der Waals surface area contributed by atoms with Gasteiger partial charge in [0.25, 0.3) is 0 Å². The van der Waals surface area contributed by atoms with Gasteiger partial charge >= 0.3 is 11.9 Å². The van der Waals surface area contributed by atoms with Crippen LogP contribution in [0, 0.1) is 13.8 Å². The summed E-state index contributed by atoms with van der Waals surface area (Å²) in [6, 6.07) is 7.59. The van der Waals surface area contributed by atoms with Crippen molar-refractivity contribution < 1.29 is 24.2 Å². The molecule has 0 aromatic heterocycles. The summed E-state index contributed by atoms with van der Waals surface area (Å²) in [5, 5.41) is 9.56. The molecule has 0 amide bonds. The molecule has 0 aliphatic carbocycles. The summed E-state index contributed by atoms with van der Waals surface area (Å²) in [7, 11) is 0. The summed E-state index contributed by atoms with van der Waals surface area (Å²) >= 11 is 9.25. The first kappa shape index (κ1) is 18.3. The van der Waals surface area contributed by atoms with E-state index in [2.05, 4.69) is 15.9 Å². The van der Waals surface area contributed by atoms with Crippen LogP contribution in [0.4, 0.5) is 0 Å². The van der Waals surface area contributed by atoms with E-state index in [1.54, 1.807) is 12.1 Å². The van der Waals surface area contributed by atoms with Gasteiger partial charge in [-0.15, -0.1) is 0 Å². The Labute approximate surface area is 152 Å². The minimum absolute atomic E-state index is 0.0880. The van der Waals surface area contributed by atoms with Crippen molar-refractivity contribution in [2.24, 2.45) is 0 Å². The second kappa shape index (κ2) is 7.68. The van der Waals surface area contributed by atoms with E-state index in [4.69, 9.17) is 26.2 Å². The summed E-state index contributed by atoms with van der Waals surface area (Å²) in [6.07, 6.45) is 0. The lowest BCUT2D eigenvalue weighted by atomic mass is 10.1. The monoisotopic (exact) mass is 412 g/mol. The molecule has 0 aliphatic heterocycles. The lowest BCUT2D eigenvalue weighted by Gasteiger charge is -2.10. The Morgan fingerprint density at radius 3 is 2.33 bits per heavy atom. The number of halogens is 2. The third-order valence-corrected chi connectivity index (χ3v) is 4.39. The maximum absolute atomic E-state index is 11.9. The Morgan fingerprint density at radius 2 is 1.79 bits per heavy atom. The van der Waals surface area contributed by atoms with Crippen LogP contribution in [0.3, 0.4) is 0 Å². The third-order valence-electron chi connectivity index (χ3n) is 3.17. The molecule has 0 saturated carbocycles. The van der Waals surface area contributed by atoms with E-state index < -0.39 is 11.9 Å². The smallest absolute Gasteiger partial charge is 0.349 e. The van der Waals surface area contributed by atoms with E-state index in [0.29, 0.717) is 15.2 Å². The summed E-state index contributed by atoms with van der Waals surface area (Å²) in [6.45, 7) is 3.41. The molecule has 1 N–H and O–H groups in total. The average Bonchev–Trinajstić information content (AvgIpc) is 2.52. The zero-order valence-electron chi connectivity index (χ0n) is 12.9. The molecular weight excluding hydrogens is 400 g/mol. The molecule has 2 aromatic carbocycles. The van der Waals surface area contributed by atoms with Crippen LogP contribution in [0.1, 0.15) is 21.5 Å². The maximum Gasteiger partial charge on any atom is 0.349 e. The molecule has 0 atom stereocenters. The summed E-state index contributed by atoms with van der Waals surface area (Å²) < 4.78 is 10.9. The Hall–Kier alpha value is -2.05. The van der Waals surface area contributed by atoms with Crippen molar-refractivity contribution >= 4 is 39.5 Å². The number of carboxylic acid groups (broad SMARTS) is 1. The average molecular weight is 414 g/mol. The van der Waals surface area contributed by atoms with E-state index in [9.17, 15) is 9.59 Å². The van der Waals surface area contributed by atoms with Gasteiger partial charge in [-0.1, -0.05) is 11.6 Å². The highest BCUT2D eigenvalue weighted by atomic mass is 79.9. The van der Waals surface area contributed by atoms with Crippen LogP contribution in [0.15, 0.2) is 34.8 Å². The fourth-order valence-corrected chi connectivity index (χ4v) is 2.57. The van der Waals surface area contributed by atoms with E-state index in [-0.39, 0.29) is 17.9 Å². The van der Waals surface area contributed by atoms with Crippen LogP contribution in [-0.2, 0) is 4.79 Å². The third kappa shape index (κ3) is 4.49. The van der Waals surface area contributed by atoms with Crippen molar-refractivity contribution in [3.63, 3.8) is 0 Å². The molecule has 0 heterocycles. The van der Waals surface area contributed by atoms with E-state index in [1.807, 2.05) is 13.8 Å². The van der Waals surface area contributed by atoms with Crippen LogP contribution < -0.4 is 9.47 Å². The molecule has 2 aromatic rings. The first-order valence-electron chi connectivity index (χ1n) is 6.91. The van der Waals surface area contributed by atoms with Gasteiger partial charge in [0.2, 0.25) is 0 Å². The van der Waals surface area contributed by atoms with Crippen LogP contribution in [0.5, 0.6) is 11.5 Å². The van der Waals surface area contributed by atoms with Crippen molar-refractivity contribution in [2.45, 2.75) is 13.8 Å². The predicted molar refractivity (Wildman–Crippen MR) is 93.2 cm³/mol. The number of ether oxygens (including phenoxy) is 2.